The van der Waals surface area contributed by atoms with E-state index in [0.717, 1.165) is 42.3 Å². The van der Waals surface area contributed by atoms with E-state index in [0.29, 0.717) is 45.2 Å². The number of likely N-dealkylation sites (N-methyl/N-ethyl adjacent to an activating group) is 1. The van der Waals surface area contributed by atoms with Gasteiger partial charge in [0.2, 0.25) is 11.8 Å². The van der Waals surface area contributed by atoms with E-state index in [-0.39, 0.29) is 11.9 Å². The van der Waals surface area contributed by atoms with E-state index in [1.807, 2.05) is 48.3 Å². The van der Waals surface area contributed by atoms with Crippen LogP contribution in [0.25, 0.3) is 0 Å². The minimum absolute atomic E-state index is 0.0933. The van der Waals surface area contributed by atoms with Crippen LogP contribution in [0, 0.1) is 0 Å². The van der Waals surface area contributed by atoms with Crippen LogP contribution in [0.4, 0.5) is 11.5 Å². The predicted molar refractivity (Wildman–Crippen MR) is 148 cm³/mol. The van der Waals surface area contributed by atoms with Gasteiger partial charge in [-0.25, -0.2) is 0 Å². The monoisotopic (exact) mass is 516 g/mol. The van der Waals surface area contributed by atoms with E-state index >= 15 is 0 Å². The number of nitrogens with zero attached hydrogens (tertiary/aromatic N) is 4. The van der Waals surface area contributed by atoms with Gasteiger partial charge in [0.1, 0.15) is 18.2 Å². The lowest BCUT2D eigenvalue weighted by Gasteiger charge is -2.34. The molecule has 1 amide bonds. The lowest BCUT2D eigenvalue weighted by atomic mass is 10.0. The molecule has 0 saturated carbocycles. The number of hydrogen-bond acceptors (Lipinski definition) is 7. The van der Waals surface area contributed by atoms with Crippen LogP contribution in [0.3, 0.4) is 0 Å². The number of hydrogen-bond donors (Lipinski definition) is 0. The lowest BCUT2D eigenvalue weighted by Crippen LogP contribution is -2.43. The molecule has 2 saturated heterocycles. The second-order valence-electron chi connectivity index (χ2n) is 9.82. The summed E-state index contributed by atoms with van der Waals surface area (Å²) in [5.41, 5.74) is 3.34. The van der Waals surface area contributed by atoms with Gasteiger partial charge in [-0.05, 0) is 29.7 Å². The average Bonchev–Trinajstić information content (AvgIpc) is 3.10. The van der Waals surface area contributed by atoms with Crippen molar-refractivity contribution in [2.24, 2.45) is 0 Å². The van der Waals surface area contributed by atoms with Crippen LogP contribution in [0.5, 0.6) is 11.6 Å². The van der Waals surface area contributed by atoms with Crippen molar-refractivity contribution in [1.29, 1.82) is 0 Å². The fourth-order valence-corrected chi connectivity index (χ4v) is 5.05. The van der Waals surface area contributed by atoms with Crippen LogP contribution in [0.2, 0.25) is 0 Å². The molecule has 2 aromatic carbocycles. The zero-order valence-electron chi connectivity index (χ0n) is 22.2. The highest BCUT2D eigenvalue weighted by Crippen LogP contribution is 2.30. The van der Waals surface area contributed by atoms with E-state index in [2.05, 4.69) is 40.1 Å². The molecule has 0 radical (unpaired) electrons. The molecule has 38 heavy (non-hydrogen) atoms. The summed E-state index contributed by atoms with van der Waals surface area (Å²) in [7, 11) is 3.55. The minimum atomic E-state index is 0.0933. The normalized spacial score (nSPS) is 18.3. The SMILES string of the molecule is COc1ccc(COc2cc(N3CCOCC3)cc(N3CCC(=O)N(C)CC3Cc3ccccc3)n2)cc1. The molecular formula is C30H36N4O4. The summed E-state index contributed by atoms with van der Waals surface area (Å²) in [6.45, 7) is 4.67. The Morgan fingerprint density at radius 1 is 0.974 bits per heavy atom. The number of carbonyl (C=O) groups is 1. The van der Waals surface area contributed by atoms with Gasteiger partial charge in [-0.15, -0.1) is 0 Å². The van der Waals surface area contributed by atoms with Gasteiger partial charge in [-0.3, -0.25) is 4.79 Å². The van der Waals surface area contributed by atoms with Gasteiger partial charge >= 0.3 is 0 Å². The first kappa shape index (κ1) is 25.9. The maximum absolute atomic E-state index is 12.7. The highest BCUT2D eigenvalue weighted by atomic mass is 16.5. The van der Waals surface area contributed by atoms with Gasteiger partial charge in [0, 0.05) is 57.5 Å². The fraction of sp³-hybridized carbons (Fsp3) is 0.400. The molecule has 0 bridgehead atoms. The Kier molecular flexibility index (Phi) is 8.28. The summed E-state index contributed by atoms with van der Waals surface area (Å²) in [4.78, 5) is 24.1. The molecular weight excluding hydrogens is 480 g/mol. The molecule has 8 heteroatoms. The Labute approximate surface area is 224 Å². The molecule has 8 nitrogen and oxygen atoms in total. The van der Waals surface area contributed by atoms with Crippen LogP contribution < -0.4 is 19.3 Å². The number of benzene rings is 2. The summed E-state index contributed by atoms with van der Waals surface area (Å²) in [5.74, 6) is 2.38. The zero-order chi connectivity index (χ0) is 26.3. The van der Waals surface area contributed by atoms with Crippen LogP contribution in [-0.2, 0) is 22.6 Å². The van der Waals surface area contributed by atoms with Crippen LogP contribution in [0.15, 0.2) is 66.7 Å². The quantitative estimate of drug-likeness (QED) is 0.451. The van der Waals surface area contributed by atoms with E-state index in [1.54, 1.807) is 7.11 Å². The summed E-state index contributed by atoms with van der Waals surface area (Å²) in [6, 6.07) is 22.6. The van der Waals surface area contributed by atoms with Crippen LogP contribution in [0.1, 0.15) is 17.5 Å². The number of amides is 1. The second-order valence-corrected chi connectivity index (χ2v) is 9.82. The second kappa shape index (κ2) is 12.2. The van der Waals surface area contributed by atoms with Gasteiger partial charge in [-0.1, -0.05) is 42.5 Å². The number of methoxy groups -OCH3 is 1. The molecule has 5 rings (SSSR count). The largest absolute Gasteiger partial charge is 0.497 e. The van der Waals surface area contributed by atoms with E-state index in [1.165, 1.54) is 5.56 Å². The molecule has 2 fully saturated rings. The topological polar surface area (TPSA) is 67.4 Å². The molecule has 0 aliphatic carbocycles. The smallest absolute Gasteiger partial charge is 0.224 e. The highest BCUT2D eigenvalue weighted by Gasteiger charge is 2.29. The maximum atomic E-state index is 12.7. The third kappa shape index (κ3) is 6.37. The summed E-state index contributed by atoms with van der Waals surface area (Å²) >= 11 is 0. The number of carbonyl (C=O) groups excluding carboxylic acids is 1. The van der Waals surface area contributed by atoms with E-state index in [9.17, 15) is 4.79 Å². The average molecular weight is 517 g/mol. The molecule has 200 valence electrons. The van der Waals surface area contributed by atoms with Crippen molar-refractivity contribution in [3.8, 4) is 11.6 Å². The van der Waals surface area contributed by atoms with Crippen molar-refractivity contribution in [3.05, 3.63) is 77.9 Å². The third-order valence-electron chi connectivity index (χ3n) is 7.22. The molecule has 3 aromatic rings. The Morgan fingerprint density at radius 3 is 2.47 bits per heavy atom. The fourth-order valence-electron chi connectivity index (χ4n) is 5.05. The number of ether oxygens (including phenoxy) is 3. The number of pyridine rings is 1. The number of morpholine rings is 1. The molecule has 2 aliphatic rings. The van der Waals surface area contributed by atoms with Gasteiger partial charge in [0.15, 0.2) is 0 Å². The van der Waals surface area contributed by atoms with Gasteiger partial charge in [-0.2, -0.15) is 4.98 Å². The molecule has 0 N–H and O–H groups in total. The van der Waals surface area contributed by atoms with Crippen molar-refractivity contribution >= 4 is 17.4 Å². The Morgan fingerprint density at radius 2 is 1.74 bits per heavy atom. The summed E-state index contributed by atoms with van der Waals surface area (Å²) in [6.07, 6.45) is 1.28. The first-order valence-electron chi connectivity index (χ1n) is 13.2. The number of anilines is 2. The zero-order valence-corrected chi connectivity index (χ0v) is 22.2. The summed E-state index contributed by atoms with van der Waals surface area (Å²) < 4.78 is 17.1. The Bertz CT molecular complexity index is 1200. The first-order chi connectivity index (χ1) is 18.6. The third-order valence-corrected chi connectivity index (χ3v) is 7.22. The van der Waals surface area contributed by atoms with Crippen LogP contribution >= 0.6 is 0 Å². The Hall–Kier alpha value is -3.78. The first-order valence-corrected chi connectivity index (χ1v) is 13.2. The van der Waals surface area contributed by atoms with E-state index in [4.69, 9.17) is 19.2 Å². The highest BCUT2D eigenvalue weighted by molar-refractivity contribution is 5.77. The maximum Gasteiger partial charge on any atom is 0.224 e. The molecule has 1 unspecified atom stereocenters. The van der Waals surface area contributed by atoms with Crippen molar-refractivity contribution in [3.63, 3.8) is 0 Å². The van der Waals surface area contributed by atoms with Crippen LogP contribution in [-0.4, -0.2) is 75.4 Å². The standard InChI is InChI=1S/C30H36N4O4/c1-32-21-26(18-23-6-4-3-5-7-23)34(13-12-30(32)35)28-19-25(33-14-16-37-17-15-33)20-29(31-28)38-22-24-8-10-27(36-2)11-9-24/h3-11,19-20,26H,12-18,21-22H2,1-2H3. The van der Waals surface area contributed by atoms with Gasteiger partial charge < -0.3 is 28.9 Å². The number of rotatable bonds is 8. The van der Waals surface area contributed by atoms with Gasteiger partial charge in [0.05, 0.1) is 26.4 Å². The Balaban J connectivity index is 1.45. The van der Waals surface area contributed by atoms with Crippen molar-refractivity contribution < 1.29 is 19.0 Å². The van der Waals surface area contributed by atoms with E-state index < -0.39 is 0 Å². The van der Waals surface area contributed by atoms with Crippen molar-refractivity contribution in [1.82, 2.24) is 9.88 Å². The minimum Gasteiger partial charge on any atom is -0.497 e. The molecule has 3 heterocycles. The summed E-state index contributed by atoms with van der Waals surface area (Å²) in [5, 5.41) is 0. The van der Waals surface area contributed by atoms with Crippen molar-refractivity contribution in [2.75, 3.05) is 63.4 Å². The van der Waals surface area contributed by atoms with Gasteiger partial charge in [0.25, 0.3) is 0 Å². The molecule has 1 aromatic heterocycles. The molecule has 2 aliphatic heterocycles. The lowest BCUT2D eigenvalue weighted by molar-refractivity contribution is -0.129. The number of aromatic nitrogens is 1. The predicted octanol–water partition coefficient (Wildman–Crippen LogP) is 3.79. The molecule has 0 spiro atoms. The molecule has 1 atom stereocenters. The van der Waals surface area contributed by atoms with Crippen molar-refractivity contribution in [2.45, 2.75) is 25.5 Å².